The molecule has 0 bridgehead atoms. The average Bonchev–Trinajstić information content (AvgIpc) is 2.60. The maximum absolute atomic E-state index is 6.07. The van der Waals surface area contributed by atoms with E-state index in [1.807, 2.05) is 37.3 Å². The van der Waals surface area contributed by atoms with Crippen LogP contribution in [0, 0.1) is 0 Å². The van der Waals surface area contributed by atoms with Crippen LogP contribution in [0.25, 0.3) is 5.69 Å². The first-order valence-corrected chi connectivity index (χ1v) is 5.46. The molecule has 0 saturated carbocycles. The molecular formula is C11H10Cl2N2. The van der Waals surface area contributed by atoms with E-state index < -0.39 is 0 Å². The van der Waals surface area contributed by atoms with Crippen molar-refractivity contribution in [1.82, 2.24) is 9.78 Å². The minimum Gasteiger partial charge on any atom is -0.222 e. The largest absolute Gasteiger partial charge is 0.222 e. The van der Waals surface area contributed by atoms with Crippen molar-refractivity contribution < 1.29 is 0 Å². The molecule has 1 aromatic heterocycles. The van der Waals surface area contributed by atoms with Gasteiger partial charge >= 0.3 is 0 Å². The van der Waals surface area contributed by atoms with Gasteiger partial charge in [-0.3, -0.25) is 0 Å². The van der Waals surface area contributed by atoms with Gasteiger partial charge < -0.3 is 0 Å². The van der Waals surface area contributed by atoms with Gasteiger partial charge in [0.2, 0.25) is 0 Å². The first-order chi connectivity index (χ1) is 7.20. The van der Waals surface area contributed by atoms with Crippen molar-refractivity contribution in [2.45, 2.75) is 13.3 Å². The van der Waals surface area contributed by atoms with Gasteiger partial charge in [0.25, 0.3) is 0 Å². The fourth-order valence-corrected chi connectivity index (χ4v) is 1.81. The highest BCUT2D eigenvalue weighted by Crippen LogP contribution is 2.20. The van der Waals surface area contributed by atoms with Crippen molar-refractivity contribution in [3.8, 4) is 5.69 Å². The highest BCUT2D eigenvalue weighted by molar-refractivity contribution is 6.31. The lowest BCUT2D eigenvalue weighted by Gasteiger charge is -2.02. The lowest BCUT2D eigenvalue weighted by atomic mass is 10.3. The van der Waals surface area contributed by atoms with E-state index in [4.69, 9.17) is 23.2 Å². The van der Waals surface area contributed by atoms with E-state index in [2.05, 4.69) is 5.10 Å². The minimum atomic E-state index is 0.606. The molecule has 0 unspecified atom stereocenters. The summed E-state index contributed by atoms with van der Waals surface area (Å²) < 4.78 is 1.69. The molecule has 15 heavy (non-hydrogen) atoms. The third kappa shape index (κ3) is 2.16. The monoisotopic (exact) mass is 240 g/mol. The van der Waals surface area contributed by atoms with E-state index >= 15 is 0 Å². The lowest BCUT2D eigenvalue weighted by molar-refractivity contribution is 0.842. The van der Waals surface area contributed by atoms with Crippen molar-refractivity contribution in [3.05, 3.63) is 46.2 Å². The van der Waals surface area contributed by atoms with Crippen LogP contribution >= 0.6 is 23.2 Å². The molecule has 2 rings (SSSR count). The molecular weight excluding hydrogens is 231 g/mol. The number of hydrogen-bond donors (Lipinski definition) is 0. The van der Waals surface area contributed by atoms with Crippen LogP contribution in [0.4, 0.5) is 0 Å². The van der Waals surface area contributed by atoms with Gasteiger partial charge in [0.1, 0.15) is 5.15 Å². The Morgan fingerprint density at radius 1 is 1.27 bits per heavy atom. The zero-order chi connectivity index (χ0) is 10.8. The van der Waals surface area contributed by atoms with E-state index in [0.717, 1.165) is 17.8 Å². The summed E-state index contributed by atoms with van der Waals surface area (Å²) in [6.07, 6.45) is 0.868. The second kappa shape index (κ2) is 4.25. The normalized spacial score (nSPS) is 10.6. The molecule has 0 atom stereocenters. The molecule has 0 aliphatic carbocycles. The van der Waals surface area contributed by atoms with E-state index in [-0.39, 0.29) is 0 Å². The van der Waals surface area contributed by atoms with Gasteiger partial charge in [0.05, 0.1) is 11.4 Å². The highest BCUT2D eigenvalue weighted by Gasteiger charge is 2.06. The van der Waals surface area contributed by atoms with Crippen LogP contribution in [0.1, 0.15) is 12.6 Å². The summed E-state index contributed by atoms with van der Waals surface area (Å²) >= 11 is 12.0. The second-order valence-electron chi connectivity index (χ2n) is 3.20. The zero-order valence-corrected chi connectivity index (χ0v) is 9.76. The predicted octanol–water partition coefficient (Wildman–Crippen LogP) is 3.74. The maximum Gasteiger partial charge on any atom is 0.133 e. The van der Waals surface area contributed by atoms with Crippen LogP contribution < -0.4 is 0 Å². The smallest absolute Gasteiger partial charge is 0.133 e. The summed E-state index contributed by atoms with van der Waals surface area (Å²) in [4.78, 5) is 0. The maximum atomic E-state index is 6.07. The predicted molar refractivity (Wildman–Crippen MR) is 63.0 cm³/mol. The Labute approximate surface area is 98.4 Å². The summed E-state index contributed by atoms with van der Waals surface area (Å²) in [5.41, 5.74) is 1.85. The molecule has 1 aromatic carbocycles. The Morgan fingerprint density at radius 3 is 2.67 bits per heavy atom. The van der Waals surface area contributed by atoms with Crippen LogP contribution in [0.5, 0.6) is 0 Å². The van der Waals surface area contributed by atoms with Gasteiger partial charge in [-0.25, -0.2) is 4.68 Å². The minimum absolute atomic E-state index is 0.606. The van der Waals surface area contributed by atoms with Gasteiger partial charge in [-0.1, -0.05) is 36.2 Å². The number of halogens is 2. The summed E-state index contributed by atoms with van der Waals surface area (Å²) in [6.45, 7) is 2.04. The second-order valence-corrected chi connectivity index (χ2v) is 4.03. The van der Waals surface area contributed by atoms with Gasteiger partial charge in [0, 0.05) is 5.02 Å². The Balaban J connectivity index is 2.48. The van der Waals surface area contributed by atoms with Crippen molar-refractivity contribution >= 4 is 23.2 Å². The van der Waals surface area contributed by atoms with Crippen LogP contribution in [-0.2, 0) is 6.42 Å². The number of hydrogen-bond acceptors (Lipinski definition) is 1. The molecule has 0 N–H and O–H groups in total. The van der Waals surface area contributed by atoms with Crippen LogP contribution in [0.2, 0.25) is 10.2 Å². The van der Waals surface area contributed by atoms with E-state index in [1.165, 1.54) is 0 Å². The van der Waals surface area contributed by atoms with Crippen LogP contribution in [-0.4, -0.2) is 9.78 Å². The number of nitrogens with zero attached hydrogens (tertiary/aromatic N) is 2. The van der Waals surface area contributed by atoms with Crippen molar-refractivity contribution in [1.29, 1.82) is 0 Å². The first kappa shape index (κ1) is 10.5. The van der Waals surface area contributed by atoms with E-state index in [1.54, 1.807) is 4.68 Å². The Bertz CT molecular complexity index is 477. The summed E-state index contributed by atoms with van der Waals surface area (Å²) in [6, 6.07) is 9.32. The van der Waals surface area contributed by atoms with Gasteiger partial charge in [-0.05, 0) is 30.7 Å². The van der Waals surface area contributed by atoms with Crippen LogP contribution in [0.3, 0.4) is 0 Å². The lowest BCUT2D eigenvalue weighted by Crippen LogP contribution is -1.96. The number of benzene rings is 1. The van der Waals surface area contributed by atoms with Gasteiger partial charge in [-0.2, -0.15) is 5.10 Å². The summed E-state index contributed by atoms with van der Waals surface area (Å²) in [5, 5.41) is 5.65. The van der Waals surface area contributed by atoms with Crippen LogP contribution in [0.15, 0.2) is 30.3 Å². The zero-order valence-electron chi connectivity index (χ0n) is 8.24. The van der Waals surface area contributed by atoms with Gasteiger partial charge in [0.15, 0.2) is 0 Å². The molecule has 0 saturated heterocycles. The molecule has 0 spiro atoms. The molecule has 0 aliphatic rings. The molecule has 0 aliphatic heterocycles. The first-order valence-electron chi connectivity index (χ1n) is 4.71. The molecule has 0 amide bonds. The third-order valence-corrected chi connectivity index (χ3v) is 2.64. The Morgan fingerprint density at radius 2 is 2.07 bits per heavy atom. The van der Waals surface area contributed by atoms with Crippen molar-refractivity contribution in [2.24, 2.45) is 0 Å². The highest BCUT2D eigenvalue weighted by atomic mass is 35.5. The van der Waals surface area contributed by atoms with Crippen molar-refractivity contribution in [2.75, 3.05) is 0 Å². The SMILES string of the molecule is CCc1cc(Cl)n(-c2cccc(Cl)c2)n1. The third-order valence-electron chi connectivity index (χ3n) is 2.13. The topological polar surface area (TPSA) is 17.8 Å². The summed E-state index contributed by atoms with van der Waals surface area (Å²) in [7, 11) is 0. The molecule has 1 heterocycles. The fourth-order valence-electron chi connectivity index (χ4n) is 1.37. The average molecular weight is 241 g/mol. The molecule has 0 radical (unpaired) electrons. The number of rotatable bonds is 2. The van der Waals surface area contributed by atoms with E-state index in [9.17, 15) is 0 Å². The summed E-state index contributed by atoms with van der Waals surface area (Å²) in [5.74, 6) is 0. The standard InChI is InChI=1S/C11H10Cl2N2/c1-2-9-7-11(13)15(14-9)10-5-3-4-8(12)6-10/h3-7H,2H2,1H3. The fraction of sp³-hybridized carbons (Fsp3) is 0.182. The molecule has 0 fully saturated rings. The Kier molecular flexibility index (Phi) is 2.98. The van der Waals surface area contributed by atoms with Crippen molar-refractivity contribution in [3.63, 3.8) is 0 Å². The molecule has 78 valence electrons. The number of aryl methyl sites for hydroxylation is 1. The van der Waals surface area contributed by atoms with E-state index in [0.29, 0.717) is 10.2 Å². The molecule has 2 nitrogen and oxygen atoms in total. The quantitative estimate of drug-likeness (QED) is 0.783. The molecule has 4 heteroatoms. The Hall–Kier alpha value is -0.990. The number of aromatic nitrogens is 2. The molecule has 2 aromatic rings. The van der Waals surface area contributed by atoms with Gasteiger partial charge in [-0.15, -0.1) is 0 Å².